The number of aliphatic hydroxyl groups excluding tert-OH is 1. The van der Waals surface area contributed by atoms with Crippen LogP contribution in [-0.2, 0) is 0 Å². The van der Waals surface area contributed by atoms with Gasteiger partial charge >= 0.3 is 0 Å². The van der Waals surface area contributed by atoms with Crippen LogP contribution in [0.25, 0.3) is 0 Å². The second-order valence-corrected chi connectivity index (χ2v) is 4.64. The van der Waals surface area contributed by atoms with Crippen molar-refractivity contribution in [1.82, 2.24) is 4.98 Å². The maximum absolute atomic E-state index is 10.8. The lowest BCUT2D eigenvalue weighted by molar-refractivity contribution is 0.140. The number of hydrogen-bond acceptors (Lipinski definition) is 5. The molecule has 2 aromatic rings. The van der Waals surface area contributed by atoms with Gasteiger partial charge in [0.25, 0.3) is 0 Å². The molecule has 2 unspecified atom stereocenters. The number of rotatable bonds is 6. The van der Waals surface area contributed by atoms with Crippen LogP contribution in [0.3, 0.4) is 0 Å². The lowest BCUT2D eigenvalue weighted by Crippen LogP contribution is -2.21. The van der Waals surface area contributed by atoms with Crippen LogP contribution in [0.2, 0.25) is 0 Å². The molecule has 0 saturated heterocycles. The first-order chi connectivity index (χ1) is 10.2. The number of nitrogens with zero attached hydrogens (tertiary/aromatic N) is 1. The van der Waals surface area contributed by atoms with Crippen molar-refractivity contribution >= 4 is 0 Å². The summed E-state index contributed by atoms with van der Waals surface area (Å²) in [6, 6.07) is 9.10. The largest absolute Gasteiger partial charge is 0.496 e. The maximum Gasteiger partial charge on any atom is 0.128 e. The van der Waals surface area contributed by atoms with Crippen LogP contribution in [-0.4, -0.2) is 30.9 Å². The highest BCUT2D eigenvalue weighted by atomic mass is 16.5. The predicted octanol–water partition coefficient (Wildman–Crippen LogP) is 1.87. The molecule has 1 heterocycles. The van der Waals surface area contributed by atoms with Gasteiger partial charge in [-0.2, -0.15) is 0 Å². The molecular formula is C16H20N2O3. The Hall–Kier alpha value is -2.11. The van der Waals surface area contributed by atoms with E-state index in [1.165, 1.54) is 0 Å². The molecule has 0 aliphatic carbocycles. The summed E-state index contributed by atoms with van der Waals surface area (Å²) in [5.74, 6) is 0.891. The number of hydrogen-bond donors (Lipinski definition) is 2. The van der Waals surface area contributed by atoms with E-state index in [9.17, 15) is 5.11 Å². The Bertz CT molecular complexity index is 553. The van der Waals surface area contributed by atoms with E-state index in [2.05, 4.69) is 4.98 Å². The third-order valence-electron chi connectivity index (χ3n) is 3.53. The van der Waals surface area contributed by atoms with Gasteiger partial charge in [-0.3, -0.25) is 4.98 Å². The number of ether oxygens (including phenoxy) is 2. The molecule has 5 nitrogen and oxygen atoms in total. The molecule has 5 heteroatoms. The summed E-state index contributed by atoms with van der Waals surface area (Å²) in [6.45, 7) is 0.298. The van der Waals surface area contributed by atoms with Crippen LogP contribution >= 0.6 is 0 Å². The standard InChI is InChI=1S/C16H20N2O3/c1-20-13-4-3-5-14(21-2)15(13)16(19)12(10-17)11-6-8-18-9-7-11/h3-9,12,16,19H,10,17H2,1-2H3. The molecule has 112 valence electrons. The number of pyridine rings is 1. The third kappa shape index (κ3) is 3.15. The van der Waals surface area contributed by atoms with Crippen molar-refractivity contribution in [3.8, 4) is 11.5 Å². The van der Waals surface area contributed by atoms with Gasteiger partial charge < -0.3 is 20.3 Å². The van der Waals surface area contributed by atoms with E-state index in [0.29, 0.717) is 23.6 Å². The molecule has 0 fully saturated rings. The van der Waals surface area contributed by atoms with Crippen molar-refractivity contribution in [2.45, 2.75) is 12.0 Å². The molecule has 0 bridgehead atoms. The molecule has 0 saturated carbocycles. The van der Waals surface area contributed by atoms with Gasteiger partial charge in [0.15, 0.2) is 0 Å². The molecule has 0 radical (unpaired) electrons. The molecular weight excluding hydrogens is 268 g/mol. The van der Waals surface area contributed by atoms with Crippen molar-refractivity contribution in [3.63, 3.8) is 0 Å². The van der Waals surface area contributed by atoms with Gasteiger partial charge in [0.05, 0.1) is 25.9 Å². The summed E-state index contributed by atoms with van der Waals surface area (Å²) >= 11 is 0. The van der Waals surface area contributed by atoms with E-state index >= 15 is 0 Å². The second kappa shape index (κ2) is 7.06. The van der Waals surface area contributed by atoms with E-state index in [1.807, 2.05) is 18.2 Å². The summed E-state index contributed by atoms with van der Waals surface area (Å²) in [5, 5.41) is 10.8. The van der Waals surface area contributed by atoms with Gasteiger partial charge in [-0.25, -0.2) is 0 Å². The van der Waals surface area contributed by atoms with Gasteiger partial charge in [0, 0.05) is 24.9 Å². The number of aromatic nitrogens is 1. The molecule has 21 heavy (non-hydrogen) atoms. The minimum Gasteiger partial charge on any atom is -0.496 e. The van der Waals surface area contributed by atoms with Crippen LogP contribution in [0.1, 0.15) is 23.1 Å². The average molecular weight is 288 g/mol. The molecule has 0 amide bonds. The van der Waals surface area contributed by atoms with Crippen molar-refractivity contribution in [2.75, 3.05) is 20.8 Å². The zero-order chi connectivity index (χ0) is 15.2. The normalized spacial score (nSPS) is 13.5. The molecule has 0 spiro atoms. The maximum atomic E-state index is 10.8. The molecule has 0 aliphatic rings. The molecule has 1 aromatic carbocycles. The van der Waals surface area contributed by atoms with E-state index in [1.54, 1.807) is 38.7 Å². The summed E-state index contributed by atoms with van der Waals surface area (Å²) < 4.78 is 10.7. The van der Waals surface area contributed by atoms with E-state index in [-0.39, 0.29) is 5.92 Å². The van der Waals surface area contributed by atoms with Crippen LogP contribution in [0.5, 0.6) is 11.5 Å². The summed E-state index contributed by atoms with van der Waals surface area (Å²) in [4.78, 5) is 3.99. The Morgan fingerprint density at radius 1 is 1.10 bits per heavy atom. The van der Waals surface area contributed by atoms with E-state index in [4.69, 9.17) is 15.2 Å². The predicted molar refractivity (Wildman–Crippen MR) is 80.5 cm³/mol. The molecule has 0 aliphatic heterocycles. The molecule has 1 aromatic heterocycles. The lowest BCUT2D eigenvalue weighted by Gasteiger charge is -2.25. The highest BCUT2D eigenvalue weighted by Crippen LogP contribution is 2.40. The zero-order valence-corrected chi connectivity index (χ0v) is 12.2. The molecule has 2 atom stereocenters. The van der Waals surface area contributed by atoms with Crippen LogP contribution in [0.4, 0.5) is 0 Å². The smallest absolute Gasteiger partial charge is 0.128 e. The minimum atomic E-state index is -0.830. The Labute approximate surface area is 124 Å². The van der Waals surface area contributed by atoms with Gasteiger partial charge in [-0.15, -0.1) is 0 Å². The second-order valence-electron chi connectivity index (χ2n) is 4.64. The van der Waals surface area contributed by atoms with Crippen molar-refractivity contribution in [2.24, 2.45) is 5.73 Å². The van der Waals surface area contributed by atoms with Crippen LogP contribution in [0, 0.1) is 0 Å². The highest BCUT2D eigenvalue weighted by Gasteiger charge is 2.27. The summed E-state index contributed by atoms with van der Waals surface area (Å²) in [6.07, 6.45) is 2.54. The third-order valence-corrected chi connectivity index (χ3v) is 3.53. The first-order valence-corrected chi connectivity index (χ1v) is 6.71. The van der Waals surface area contributed by atoms with Crippen LogP contribution < -0.4 is 15.2 Å². The number of nitrogens with two attached hydrogens (primary N) is 1. The Morgan fingerprint density at radius 2 is 1.67 bits per heavy atom. The first-order valence-electron chi connectivity index (χ1n) is 6.71. The zero-order valence-electron chi connectivity index (χ0n) is 12.2. The monoisotopic (exact) mass is 288 g/mol. The molecule has 3 N–H and O–H groups in total. The van der Waals surface area contributed by atoms with Gasteiger partial charge in [0.2, 0.25) is 0 Å². The first kappa shape index (κ1) is 15.3. The highest BCUT2D eigenvalue weighted by molar-refractivity contribution is 5.47. The summed E-state index contributed by atoms with van der Waals surface area (Å²) in [7, 11) is 3.13. The van der Waals surface area contributed by atoms with E-state index < -0.39 is 6.10 Å². The van der Waals surface area contributed by atoms with Crippen molar-refractivity contribution < 1.29 is 14.6 Å². The summed E-state index contributed by atoms with van der Waals surface area (Å²) in [5.41, 5.74) is 7.39. The Balaban J connectivity index is 2.45. The number of benzene rings is 1. The number of methoxy groups -OCH3 is 2. The molecule has 2 rings (SSSR count). The Morgan fingerprint density at radius 3 is 2.14 bits per heavy atom. The quantitative estimate of drug-likeness (QED) is 0.848. The lowest BCUT2D eigenvalue weighted by atomic mass is 9.89. The average Bonchev–Trinajstić information content (AvgIpc) is 2.55. The SMILES string of the molecule is COc1cccc(OC)c1C(O)C(CN)c1ccncc1. The minimum absolute atomic E-state index is 0.266. The number of aliphatic hydroxyl groups is 1. The fourth-order valence-corrected chi connectivity index (χ4v) is 2.43. The van der Waals surface area contributed by atoms with Crippen molar-refractivity contribution in [1.29, 1.82) is 0 Å². The topological polar surface area (TPSA) is 77.6 Å². The van der Waals surface area contributed by atoms with Crippen molar-refractivity contribution in [3.05, 3.63) is 53.9 Å². The van der Waals surface area contributed by atoms with Crippen LogP contribution in [0.15, 0.2) is 42.7 Å². The Kier molecular flexibility index (Phi) is 5.14. The van der Waals surface area contributed by atoms with E-state index in [0.717, 1.165) is 5.56 Å². The fraction of sp³-hybridized carbons (Fsp3) is 0.312. The van der Waals surface area contributed by atoms with Gasteiger partial charge in [-0.1, -0.05) is 6.07 Å². The van der Waals surface area contributed by atoms with Gasteiger partial charge in [-0.05, 0) is 29.8 Å². The fourth-order valence-electron chi connectivity index (χ4n) is 2.43. The van der Waals surface area contributed by atoms with Gasteiger partial charge in [0.1, 0.15) is 11.5 Å².